The maximum atomic E-state index is 11.6. The highest BCUT2D eigenvalue weighted by molar-refractivity contribution is 6.23. The molecular weight excluding hydrogens is 300 g/mol. The highest BCUT2D eigenvalue weighted by Crippen LogP contribution is 2.35. The van der Waals surface area contributed by atoms with Crippen LogP contribution in [0, 0.1) is 0 Å². The number of benzene rings is 2. The third-order valence-corrected chi connectivity index (χ3v) is 4.26. The molecule has 0 radical (unpaired) electrons. The van der Waals surface area contributed by atoms with Crippen LogP contribution in [-0.2, 0) is 22.5 Å². The molecule has 1 aliphatic heterocycles. The Bertz CT molecular complexity index is 754. The Kier molecular flexibility index (Phi) is 5.06. The number of nitrogens with zero attached hydrogens (tertiary/aromatic N) is 2. The SMILES string of the molecule is CCOC(=O)C=Nc1ccc(-c2ccccc2)c2c1CN(C)CC2. The largest absolute Gasteiger partial charge is 0.462 e. The van der Waals surface area contributed by atoms with Crippen molar-refractivity contribution >= 4 is 17.9 Å². The first-order chi connectivity index (χ1) is 11.7. The predicted molar refractivity (Wildman–Crippen MR) is 96.7 cm³/mol. The second-order valence-corrected chi connectivity index (χ2v) is 5.95. The Labute approximate surface area is 142 Å². The smallest absolute Gasteiger partial charge is 0.349 e. The van der Waals surface area contributed by atoms with Crippen LogP contribution in [0.1, 0.15) is 18.1 Å². The van der Waals surface area contributed by atoms with Crippen molar-refractivity contribution in [3.05, 3.63) is 53.6 Å². The summed E-state index contributed by atoms with van der Waals surface area (Å²) < 4.78 is 4.92. The third kappa shape index (κ3) is 3.54. The molecule has 1 aliphatic rings. The van der Waals surface area contributed by atoms with E-state index in [2.05, 4.69) is 47.3 Å². The van der Waals surface area contributed by atoms with Crippen LogP contribution >= 0.6 is 0 Å². The number of aliphatic imine (C=N–C) groups is 1. The summed E-state index contributed by atoms with van der Waals surface area (Å²) >= 11 is 0. The number of carbonyl (C=O) groups excluding carboxylic acids is 1. The van der Waals surface area contributed by atoms with Gasteiger partial charge in [-0.25, -0.2) is 9.79 Å². The molecule has 4 nitrogen and oxygen atoms in total. The van der Waals surface area contributed by atoms with E-state index in [1.165, 1.54) is 28.5 Å². The van der Waals surface area contributed by atoms with E-state index >= 15 is 0 Å². The van der Waals surface area contributed by atoms with Gasteiger partial charge in [-0.2, -0.15) is 0 Å². The fraction of sp³-hybridized carbons (Fsp3) is 0.300. The average molecular weight is 322 g/mol. The first-order valence-corrected chi connectivity index (χ1v) is 8.28. The normalized spacial score (nSPS) is 14.6. The monoisotopic (exact) mass is 322 g/mol. The lowest BCUT2D eigenvalue weighted by Gasteiger charge is -2.28. The van der Waals surface area contributed by atoms with Gasteiger partial charge in [-0.3, -0.25) is 0 Å². The van der Waals surface area contributed by atoms with E-state index in [-0.39, 0.29) is 0 Å². The van der Waals surface area contributed by atoms with E-state index in [9.17, 15) is 4.79 Å². The third-order valence-electron chi connectivity index (χ3n) is 4.26. The van der Waals surface area contributed by atoms with Crippen LogP contribution in [0.4, 0.5) is 5.69 Å². The van der Waals surface area contributed by atoms with Gasteiger partial charge in [-0.05, 0) is 48.7 Å². The molecule has 0 bridgehead atoms. The lowest BCUT2D eigenvalue weighted by molar-refractivity contribution is -0.134. The van der Waals surface area contributed by atoms with Crippen LogP contribution in [0.2, 0.25) is 0 Å². The molecule has 0 spiro atoms. The minimum atomic E-state index is -0.400. The zero-order valence-corrected chi connectivity index (χ0v) is 14.2. The average Bonchev–Trinajstić information content (AvgIpc) is 2.60. The minimum Gasteiger partial charge on any atom is -0.462 e. The topological polar surface area (TPSA) is 41.9 Å². The summed E-state index contributed by atoms with van der Waals surface area (Å²) in [6.07, 6.45) is 2.26. The number of hydrogen-bond acceptors (Lipinski definition) is 4. The molecule has 3 rings (SSSR count). The van der Waals surface area contributed by atoms with Crippen LogP contribution < -0.4 is 0 Å². The first-order valence-electron chi connectivity index (χ1n) is 8.28. The molecule has 0 N–H and O–H groups in total. The molecule has 124 valence electrons. The lowest BCUT2D eigenvalue weighted by atomic mass is 9.90. The minimum absolute atomic E-state index is 0.360. The van der Waals surface area contributed by atoms with Gasteiger partial charge in [0.05, 0.1) is 12.3 Å². The van der Waals surface area contributed by atoms with Gasteiger partial charge < -0.3 is 9.64 Å². The van der Waals surface area contributed by atoms with E-state index in [0.717, 1.165) is 25.2 Å². The van der Waals surface area contributed by atoms with E-state index < -0.39 is 5.97 Å². The first kappa shape index (κ1) is 16.4. The maximum Gasteiger partial charge on any atom is 0.349 e. The molecule has 0 aliphatic carbocycles. The van der Waals surface area contributed by atoms with Gasteiger partial charge in [-0.15, -0.1) is 0 Å². The van der Waals surface area contributed by atoms with Crippen molar-refractivity contribution in [1.29, 1.82) is 0 Å². The maximum absolute atomic E-state index is 11.6. The molecule has 2 aromatic rings. The van der Waals surface area contributed by atoms with Gasteiger partial charge in [0.15, 0.2) is 0 Å². The zero-order valence-electron chi connectivity index (χ0n) is 14.2. The second kappa shape index (κ2) is 7.41. The highest BCUT2D eigenvalue weighted by atomic mass is 16.5. The van der Waals surface area contributed by atoms with Crippen molar-refractivity contribution in [1.82, 2.24) is 4.90 Å². The van der Waals surface area contributed by atoms with Crippen molar-refractivity contribution < 1.29 is 9.53 Å². The van der Waals surface area contributed by atoms with E-state index in [4.69, 9.17) is 4.74 Å². The molecular formula is C20H22N2O2. The number of hydrogen-bond donors (Lipinski definition) is 0. The molecule has 2 aromatic carbocycles. The Morgan fingerprint density at radius 2 is 2.00 bits per heavy atom. The summed E-state index contributed by atoms with van der Waals surface area (Å²) in [6.45, 7) is 4.01. The summed E-state index contributed by atoms with van der Waals surface area (Å²) in [6, 6.07) is 14.5. The lowest BCUT2D eigenvalue weighted by Crippen LogP contribution is -2.27. The summed E-state index contributed by atoms with van der Waals surface area (Å²) in [4.78, 5) is 18.2. The Morgan fingerprint density at radius 1 is 1.21 bits per heavy atom. The molecule has 0 amide bonds. The molecule has 0 saturated carbocycles. The number of rotatable bonds is 4. The molecule has 0 atom stereocenters. The molecule has 24 heavy (non-hydrogen) atoms. The number of fused-ring (bicyclic) bond motifs is 1. The quantitative estimate of drug-likeness (QED) is 0.638. The van der Waals surface area contributed by atoms with E-state index in [1.807, 2.05) is 12.1 Å². The summed E-state index contributed by atoms with van der Waals surface area (Å²) in [5.41, 5.74) is 5.86. The van der Waals surface area contributed by atoms with Gasteiger partial charge in [0, 0.05) is 13.1 Å². The fourth-order valence-corrected chi connectivity index (χ4v) is 3.11. The highest BCUT2D eigenvalue weighted by Gasteiger charge is 2.20. The molecule has 0 unspecified atom stereocenters. The van der Waals surface area contributed by atoms with Crippen LogP contribution in [0.3, 0.4) is 0 Å². The standard InChI is InChI=1S/C20H22N2O2/c1-3-24-20(23)13-21-19-10-9-16(15-7-5-4-6-8-15)17-11-12-22(2)14-18(17)19/h4-10,13H,3,11-12,14H2,1-2H3. The van der Waals surface area contributed by atoms with Crippen molar-refractivity contribution in [2.45, 2.75) is 19.9 Å². The molecule has 4 heteroatoms. The molecule has 0 fully saturated rings. The number of ether oxygens (including phenoxy) is 1. The molecule has 0 aromatic heterocycles. The zero-order chi connectivity index (χ0) is 16.9. The van der Waals surface area contributed by atoms with Crippen molar-refractivity contribution in [2.24, 2.45) is 4.99 Å². The van der Waals surface area contributed by atoms with Crippen LogP contribution in [0.25, 0.3) is 11.1 Å². The van der Waals surface area contributed by atoms with Gasteiger partial charge in [0.1, 0.15) is 6.21 Å². The Hall–Kier alpha value is -2.46. The van der Waals surface area contributed by atoms with Gasteiger partial charge in [0.25, 0.3) is 0 Å². The van der Waals surface area contributed by atoms with Gasteiger partial charge in [-0.1, -0.05) is 36.4 Å². The number of carbonyl (C=O) groups is 1. The summed E-state index contributed by atoms with van der Waals surface area (Å²) in [5.74, 6) is -0.400. The van der Waals surface area contributed by atoms with Crippen LogP contribution in [0.15, 0.2) is 47.5 Å². The molecule has 1 heterocycles. The van der Waals surface area contributed by atoms with E-state index in [1.54, 1.807) is 6.92 Å². The number of likely N-dealkylation sites (N-methyl/N-ethyl adjacent to an activating group) is 1. The fourth-order valence-electron chi connectivity index (χ4n) is 3.11. The summed E-state index contributed by atoms with van der Waals surface area (Å²) in [7, 11) is 2.11. The van der Waals surface area contributed by atoms with E-state index in [0.29, 0.717) is 6.61 Å². The van der Waals surface area contributed by atoms with Crippen molar-refractivity contribution in [3.8, 4) is 11.1 Å². The summed E-state index contributed by atoms with van der Waals surface area (Å²) in [5, 5.41) is 0. The van der Waals surface area contributed by atoms with Crippen LogP contribution in [-0.4, -0.2) is 37.3 Å². The van der Waals surface area contributed by atoms with Crippen LogP contribution in [0.5, 0.6) is 0 Å². The molecule has 0 saturated heterocycles. The number of esters is 1. The second-order valence-electron chi connectivity index (χ2n) is 5.95. The Morgan fingerprint density at radius 3 is 2.75 bits per heavy atom. The van der Waals surface area contributed by atoms with Gasteiger partial charge in [0.2, 0.25) is 0 Å². The van der Waals surface area contributed by atoms with Gasteiger partial charge >= 0.3 is 5.97 Å². The van der Waals surface area contributed by atoms with Crippen molar-refractivity contribution in [3.63, 3.8) is 0 Å². The Balaban J connectivity index is 2.02. The van der Waals surface area contributed by atoms with Crippen molar-refractivity contribution in [2.75, 3.05) is 20.2 Å². The predicted octanol–water partition coefficient (Wildman–Crippen LogP) is 3.61.